The highest BCUT2D eigenvalue weighted by molar-refractivity contribution is 5.31. The van der Waals surface area contributed by atoms with Gasteiger partial charge in [-0.1, -0.05) is 6.92 Å². The molecule has 0 unspecified atom stereocenters. The third-order valence-corrected chi connectivity index (χ3v) is 2.32. The first-order chi connectivity index (χ1) is 7.83. The smallest absolute Gasteiger partial charge is 0.315 e. The summed E-state index contributed by atoms with van der Waals surface area (Å²) in [5, 5.41) is 7.41. The van der Waals surface area contributed by atoms with E-state index in [1.54, 1.807) is 18.6 Å². The van der Waals surface area contributed by atoms with Crippen LogP contribution in [0.4, 0.5) is 0 Å². The second kappa shape index (κ2) is 4.89. The summed E-state index contributed by atoms with van der Waals surface area (Å²) in [4.78, 5) is 15.7. The van der Waals surface area contributed by atoms with Crippen LogP contribution in [-0.4, -0.2) is 32.3 Å². The van der Waals surface area contributed by atoms with Crippen LogP contribution in [0, 0.1) is 0 Å². The van der Waals surface area contributed by atoms with Crippen LogP contribution in [0.25, 0.3) is 5.65 Å². The van der Waals surface area contributed by atoms with Gasteiger partial charge in [0, 0.05) is 18.9 Å². The third-order valence-electron chi connectivity index (χ3n) is 2.32. The van der Waals surface area contributed by atoms with E-state index in [2.05, 4.69) is 22.3 Å². The van der Waals surface area contributed by atoms with Gasteiger partial charge in [-0.3, -0.25) is 4.98 Å². The van der Waals surface area contributed by atoms with Crippen molar-refractivity contribution in [3.8, 4) is 0 Å². The Morgan fingerprint density at radius 3 is 3.06 bits per heavy atom. The van der Waals surface area contributed by atoms with Crippen LogP contribution < -0.4 is 11.0 Å². The van der Waals surface area contributed by atoms with Crippen molar-refractivity contribution in [3.05, 3.63) is 29.1 Å². The Morgan fingerprint density at radius 2 is 2.31 bits per heavy atom. The molecule has 0 saturated heterocycles. The Kier molecular flexibility index (Phi) is 3.31. The Morgan fingerprint density at radius 1 is 1.44 bits per heavy atom. The van der Waals surface area contributed by atoms with E-state index in [1.807, 2.05) is 0 Å². The molecule has 6 nitrogen and oxygen atoms in total. The summed E-state index contributed by atoms with van der Waals surface area (Å²) in [5.74, 6) is 0. The molecule has 0 aliphatic rings. The zero-order valence-electron chi connectivity index (χ0n) is 9.26. The topological polar surface area (TPSA) is 64.2 Å². The molecule has 0 atom stereocenters. The van der Waals surface area contributed by atoms with Crippen LogP contribution in [0.2, 0.25) is 0 Å². The number of fused-ring (bicyclic) bond motifs is 1. The maximum atomic E-state index is 11.8. The van der Waals surface area contributed by atoms with Crippen molar-refractivity contribution in [3.63, 3.8) is 0 Å². The molecule has 0 fully saturated rings. The minimum Gasteiger partial charge on any atom is -0.315 e. The number of aromatic nitrogens is 4. The van der Waals surface area contributed by atoms with Gasteiger partial charge in [-0.05, 0) is 13.0 Å². The van der Waals surface area contributed by atoms with Gasteiger partial charge in [0.2, 0.25) is 0 Å². The number of rotatable bonds is 5. The van der Waals surface area contributed by atoms with Gasteiger partial charge < -0.3 is 5.32 Å². The summed E-state index contributed by atoms with van der Waals surface area (Å²) >= 11 is 0. The molecule has 0 aliphatic heterocycles. The van der Waals surface area contributed by atoms with Crippen molar-refractivity contribution in [2.24, 2.45) is 0 Å². The summed E-state index contributed by atoms with van der Waals surface area (Å²) < 4.78 is 2.95. The fraction of sp³-hybridized carbons (Fsp3) is 0.500. The zero-order valence-corrected chi connectivity index (χ0v) is 9.26. The number of nitrogens with one attached hydrogen (secondary N) is 1. The molecule has 0 radical (unpaired) electrons. The number of hydrogen-bond donors (Lipinski definition) is 1. The molecule has 0 aromatic carbocycles. The predicted octanol–water partition coefficient (Wildman–Crippen LogP) is -0.109. The standard InChI is InChI=1S/C10H15N5O/c1-2-3-11-5-7-15-10(16)14-6-4-12-8-9(14)13-15/h4,6,8,11H,2-3,5,7H2,1H3. The van der Waals surface area contributed by atoms with E-state index < -0.39 is 0 Å². The van der Waals surface area contributed by atoms with Crippen molar-refractivity contribution in [1.82, 2.24) is 24.5 Å². The average molecular weight is 221 g/mol. The Balaban J connectivity index is 2.13. The lowest BCUT2D eigenvalue weighted by atomic mass is 10.5. The first kappa shape index (κ1) is 10.8. The van der Waals surface area contributed by atoms with E-state index in [0.29, 0.717) is 12.2 Å². The van der Waals surface area contributed by atoms with Gasteiger partial charge in [0.05, 0.1) is 12.7 Å². The van der Waals surface area contributed by atoms with Crippen LogP contribution in [-0.2, 0) is 6.54 Å². The molecule has 0 aliphatic carbocycles. The van der Waals surface area contributed by atoms with Gasteiger partial charge in [0.25, 0.3) is 0 Å². The first-order valence-electron chi connectivity index (χ1n) is 5.43. The first-order valence-corrected chi connectivity index (χ1v) is 5.43. The number of hydrogen-bond acceptors (Lipinski definition) is 4. The Bertz CT molecular complexity index is 515. The summed E-state index contributed by atoms with van der Waals surface area (Å²) in [6.07, 6.45) is 5.87. The van der Waals surface area contributed by atoms with Crippen LogP contribution in [0.3, 0.4) is 0 Å². The lowest BCUT2D eigenvalue weighted by Gasteiger charge is -2.00. The van der Waals surface area contributed by atoms with Crippen molar-refractivity contribution in [2.45, 2.75) is 19.9 Å². The maximum absolute atomic E-state index is 11.8. The van der Waals surface area contributed by atoms with Gasteiger partial charge in [-0.25, -0.2) is 13.9 Å². The molecule has 2 rings (SSSR count). The molecular formula is C10H15N5O. The Hall–Kier alpha value is -1.69. The average Bonchev–Trinajstić information content (AvgIpc) is 2.63. The molecule has 2 heterocycles. The molecule has 2 aromatic rings. The van der Waals surface area contributed by atoms with Crippen LogP contribution >= 0.6 is 0 Å². The number of nitrogens with zero attached hydrogens (tertiary/aromatic N) is 4. The molecule has 0 bridgehead atoms. The highest BCUT2D eigenvalue weighted by Gasteiger charge is 2.04. The van der Waals surface area contributed by atoms with Crippen molar-refractivity contribution in [1.29, 1.82) is 0 Å². The highest BCUT2D eigenvalue weighted by atomic mass is 16.2. The molecule has 16 heavy (non-hydrogen) atoms. The quantitative estimate of drug-likeness (QED) is 0.716. The largest absolute Gasteiger partial charge is 0.350 e. The van der Waals surface area contributed by atoms with Crippen LogP contribution in [0.5, 0.6) is 0 Å². The fourth-order valence-electron chi connectivity index (χ4n) is 1.51. The monoisotopic (exact) mass is 221 g/mol. The van der Waals surface area contributed by atoms with Gasteiger partial charge in [0.1, 0.15) is 0 Å². The van der Waals surface area contributed by atoms with E-state index in [9.17, 15) is 4.79 Å². The molecule has 0 amide bonds. The van der Waals surface area contributed by atoms with Crippen LogP contribution in [0.1, 0.15) is 13.3 Å². The van der Waals surface area contributed by atoms with E-state index >= 15 is 0 Å². The second-order valence-corrected chi connectivity index (χ2v) is 3.56. The van der Waals surface area contributed by atoms with Crippen molar-refractivity contribution < 1.29 is 0 Å². The SMILES string of the molecule is CCCNCCn1nc2cnccn2c1=O. The molecule has 0 spiro atoms. The summed E-state index contributed by atoms with van der Waals surface area (Å²) in [7, 11) is 0. The summed E-state index contributed by atoms with van der Waals surface area (Å²) in [6, 6.07) is 0. The third kappa shape index (κ3) is 2.11. The van der Waals surface area contributed by atoms with E-state index in [0.717, 1.165) is 19.5 Å². The summed E-state index contributed by atoms with van der Waals surface area (Å²) in [5.41, 5.74) is 0.471. The lowest BCUT2D eigenvalue weighted by molar-refractivity contribution is 0.540. The van der Waals surface area contributed by atoms with Gasteiger partial charge in [0.15, 0.2) is 5.65 Å². The van der Waals surface area contributed by atoms with Crippen molar-refractivity contribution in [2.75, 3.05) is 13.1 Å². The fourth-order valence-corrected chi connectivity index (χ4v) is 1.51. The molecule has 0 saturated carbocycles. The van der Waals surface area contributed by atoms with Crippen LogP contribution in [0.15, 0.2) is 23.4 Å². The lowest BCUT2D eigenvalue weighted by Crippen LogP contribution is -2.27. The van der Waals surface area contributed by atoms with E-state index in [1.165, 1.54) is 9.08 Å². The predicted molar refractivity (Wildman–Crippen MR) is 60.4 cm³/mol. The van der Waals surface area contributed by atoms with Gasteiger partial charge >= 0.3 is 5.69 Å². The van der Waals surface area contributed by atoms with Gasteiger partial charge in [-0.2, -0.15) is 0 Å². The second-order valence-electron chi connectivity index (χ2n) is 3.56. The normalized spacial score (nSPS) is 11.1. The zero-order chi connectivity index (χ0) is 11.4. The Labute approximate surface area is 92.9 Å². The molecule has 1 N–H and O–H groups in total. The molecular weight excluding hydrogens is 206 g/mol. The maximum Gasteiger partial charge on any atom is 0.350 e. The summed E-state index contributed by atoms with van der Waals surface area (Å²) in [6.45, 7) is 4.41. The van der Waals surface area contributed by atoms with Gasteiger partial charge in [-0.15, -0.1) is 5.10 Å². The van der Waals surface area contributed by atoms with E-state index in [4.69, 9.17) is 0 Å². The minimum absolute atomic E-state index is 0.115. The molecule has 2 aromatic heterocycles. The molecule has 86 valence electrons. The van der Waals surface area contributed by atoms with E-state index in [-0.39, 0.29) is 5.69 Å². The molecule has 6 heteroatoms. The highest BCUT2D eigenvalue weighted by Crippen LogP contribution is 1.91. The minimum atomic E-state index is -0.115. The van der Waals surface area contributed by atoms with Crippen molar-refractivity contribution >= 4 is 5.65 Å².